The van der Waals surface area contributed by atoms with Gasteiger partial charge in [0.2, 0.25) is 11.8 Å². The highest BCUT2D eigenvalue weighted by molar-refractivity contribution is 6.39. The maximum Gasteiger partial charge on any atom is 0.407 e. The summed E-state index contributed by atoms with van der Waals surface area (Å²) in [5.74, 6) is 0.355. The number of carbonyl (C=O) groups excluding carboxylic acids is 3. The van der Waals surface area contributed by atoms with Crippen LogP contribution in [0.25, 0.3) is 33.5 Å². The zero-order valence-electron chi connectivity index (χ0n) is 24.5. The summed E-state index contributed by atoms with van der Waals surface area (Å²) in [5.41, 5.74) is 6.42. The number of benzene rings is 2. The van der Waals surface area contributed by atoms with Gasteiger partial charge in [0.05, 0.1) is 28.4 Å². The average Bonchev–Trinajstić information content (AvgIpc) is 3.48. The smallest absolute Gasteiger partial charge is 0.407 e. The monoisotopic (exact) mass is 644 g/mol. The number of hydrogen-bond donors (Lipinski definition) is 2. The van der Waals surface area contributed by atoms with E-state index in [-0.39, 0.29) is 24.3 Å². The largest absolute Gasteiger partial charge is 0.481 e. The van der Waals surface area contributed by atoms with Gasteiger partial charge in [0, 0.05) is 59.4 Å². The molecule has 9 nitrogen and oxygen atoms in total. The van der Waals surface area contributed by atoms with E-state index in [0.717, 1.165) is 40.7 Å². The molecule has 2 amide bonds. The second-order valence-electron chi connectivity index (χ2n) is 11.0. The first-order valence-corrected chi connectivity index (χ1v) is 15.4. The number of nitrogens with zero attached hydrogens (tertiary/aromatic N) is 2. The number of rotatable bonds is 8. The number of ether oxygens (including phenoxy) is 2. The molecule has 0 unspecified atom stereocenters. The SMILES string of the molecule is COc1nc(-c2cccc(-c3cccc(-c4cnc5c(c4)CCCC5=O)c3Cl)c2Cl)ccc1COC(=O)NC[C@@H]1CCC(=O)N1. The van der Waals surface area contributed by atoms with Crippen molar-refractivity contribution in [1.82, 2.24) is 20.6 Å². The van der Waals surface area contributed by atoms with E-state index >= 15 is 0 Å². The van der Waals surface area contributed by atoms with E-state index in [1.165, 1.54) is 7.11 Å². The Kier molecular flexibility index (Phi) is 9.00. The van der Waals surface area contributed by atoms with Crippen LogP contribution in [-0.2, 0) is 22.6 Å². The Hall–Kier alpha value is -4.47. The Bertz CT molecular complexity index is 1810. The number of fused-ring (bicyclic) bond motifs is 1. The minimum absolute atomic E-state index is 0.0179. The maximum atomic E-state index is 12.3. The molecule has 1 aliphatic heterocycles. The number of alkyl carbamates (subject to hydrolysis) is 1. The lowest BCUT2D eigenvalue weighted by molar-refractivity contribution is -0.119. The Morgan fingerprint density at radius 1 is 0.978 bits per heavy atom. The van der Waals surface area contributed by atoms with Gasteiger partial charge >= 0.3 is 6.09 Å². The third-order valence-corrected chi connectivity index (χ3v) is 8.84. The van der Waals surface area contributed by atoms with Crippen LogP contribution in [0.15, 0.2) is 60.8 Å². The lowest BCUT2D eigenvalue weighted by Gasteiger charge is -2.17. The Balaban J connectivity index is 1.22. The number of carbonyl (C=O) groups is 3. The van der Waals surface area contributed by atoms with E-state index < -0.39 is 6.09 Å². The Labute approximate surface area is 270 Å². The number of Topliss-reactive ketones (excluding diaryl/α,β-unsaturated/α-hetero) is 1. The predicted molar refractivity (Wildman–Crippen MR) is 172 cm³/mol. The van der Waals surface area contributed by atoms with Gasteiger partial charge in [-0.15, -0.1) is 0 Å². The quantitative estimate of drug-likeness (QED) is 0.216. The number of pyridine rings is 2. The van der Waals surface area contributed by atoms with E-state index in [9.17, 15) is 14.4 Å². The lowest BCUT2D eigenvalue weighted by atomic mass is 9.92. The molecular formula is C34H30Cl2N4O5. The van der Waals surface area contributed by atoms with Crippen molar-refractivity contribution in [2.24, 2.45) is 0 Å². The fourth-order valence-electron chi connectivity index (χ4n) is 5.69. The van der Waals surface area contributed by atoms with Crippen LogP contribution < -0.4 is 15.4 Å². The molecule has 1 saturated heterocycles. The molecule has 11 heteroatoms. The number of aromatic nitrogens is 2. The Morgan fingerprint density at radius 2 is 1.71 bits per heavy atom. The molecule has 2 aromatic heterocycles. The van der Waals surface area contributed by atoms with Gasteiger partial charge in [0.25, 0.3) is 0 Å². The van der Waals surface area contributed by atoms with Crippen LogP contribution in [0.4, 0.5) is 4.79 Å². The zero-order valence-corrected chi connectivity index (χ0v) is 26.0. The van der Waals surface area contributed by atoms with Crippen LogP contribution >= 0.6 is 23.2 Å². The first-order chi connectivity index (χ1) is 21.8. The first-order valence-electron chi connectivity index (χ1n) is 14.7. The summed E-state index contributed by atoms with van der Waals surface area (Å²) < 4.78 is 10.9. The van der Waals surface area contributed by atoms with Gasteiger partial charge in [-0.3, -0.25) is 14.6 Å². The van der Waals surface area contributed by atoms with Crippen LogP contribution in [0, 0.1) is 0 Å². The van der Waals surface area contributed by atoms with Gasteiger partial charge in [-0.2, -0.15) is 0 Å². The summed E-state index contributed by atoms with van der Waals surface area (Å²) in [6.07, 6.45) is 4.39. The summed E-state index contributed by atoms with van der Waals surface area (Å²) in [5, 5.41) is 6.45. The molecule has 1 atom stereocenters. The second-order valence-corrected chi connectivity index (χ2v) is 11.7. The molecule has 1 aliphatic carbocycles. The molecule has 6 rings (SSSR count). The molecule has 3 heterocycles. The Morgan fingerprint density at radius 3 is 2.44 bits per heavy atom. The van der Waals surface area contributed by atoms with Gasteiger partial charge in [0.1, 0.15) is 12.3 Å². The summed E-state index contributed by atoms with van der Waals surface area (Å²) >= 11 is 14.0. The van der Waals surface area contributed by atoms with E-state index in [1.54, 1.807) is 18.3 Å². The minimum Gasteiger partial charge on any atom is -0.481 e. The number of methoxy groups -OCH3 is 1. The highest BCUT2D eigenvalue weighted by atomic mass is 35.5. The highest BCUT2D eigenvalue weighted by Gasteiger charge is 2.23. The summed E-state index contributed by atoms with van der Waals surface area (Å²) in [4.78, 5) is 45.0. The molecule has 2 aliphatic rings. The van der Waals surface area contributed by atoms with E-state index in [2.05, 4.69) is 20.6 Å². The van der Waals surface area contributed by atoms with Gasteiger partial charge in [-0.1, -0.05) is 59.6 Å². The molecule has 4 aromatic rings. The van der Waals surface area contributed by atoms with Crippen LogP contribution in [-0.4, -0.2) is 47.4 Å². The third-order valence-electron chi connectivity index (χ3n) is 8.02. The zero-order chi connectivity index (χ0) is 31.5. The van der Waals surface area contributed by atoms with Gasteiger partial charge in [0.15, 0.2) is 5.78 Å². The number of hydrogen-bond acceptors (Lipinski definition) is 7. The average molecular weight is 646 g/mol. The molecule has 45 heavy (non-hydrogen) atoms. The summed E-state index contributed by atoms with van der Waals surface area (Å²) in [6.45, 7) is 0.243. The number of nitrogens with one attached hydrogen (secondary N) is 2. The predicted octanol–water partition coefficient (Wildman–Crippen LogP) is 6.82. The van der Waals surface area contributed by atoms with Crippen molar-refractivity contribution in [1.29, 1.82) is 0 Å². The number of aryl methyl sites for hydroxylation is 1. The molecular weight excluding hydrogens is 615 g/mol. The molecule has 0 radical (unpaired) electrons. The topological polar surface area (TPSA) is 120 Å². The van der Waals surface area contributed by atoms with Crippen molar-refractivity contribution in [3.63, 3.8) is 0 Å². The number of halogens is 2. The summed E-state index contributed by atoms with van der Waals surface area (Å²) in [7, 11) is 1.49. The van der Waals surface area contributed by atoms with E-state index in [0.29, 0.717) is 64.2 Å². The van der Waals surface area contributed by atoms with Crippen LogP contribution in [0.1, 0.15) is 47.3 Å². The standard InChI is InChI=1S/C34H30Cl2N4O5/c1-44-33-20(18-45-34(43)38-17-22-12-14-29(42)39-22)11-13-27(40-33)26-9-4-8-25(31(26)36)24-7-3-6-23(30(24)35)21-15-19-5-2-10-28(41)32(19)37-16-21/h3-4,6-9,11,13,15-16,22H,2,5,10,12,14,17-18H2,1H3,(H,38,43)(H,39,42)/t22-/m0/s1. The summed E-state index contributed by atoms with van der Waals surface area (Å²) in [6, 6.07) is 16.9. The van der Waals surface area contributed by atoms with Crippen molar-refractivity contribution >= 4 is 41.0 Å². The maximum absolute atomic E-state index is 12.3. The fourth-order valence-corrected chi connectivity index (χ4v) is 6.36. The van der Waals surface area contributed by atoms with Crippen molar-refractivity contribution in [2.45, 2.75) is 44.8 Å². The third kappa shape index (κ3) is 6.50. The van der Waals surface area contributed by atoms with Crippen molar-refractivity contribution in [3.8, 4) is 39.4 Å². The number of amides is 2. The lowest BCUT2D eigenvalue weighted by Crippen LogP contribution is -2.38. The second kappa shape index (κ2) is 13.3. The van der Waals surface area contributed by atoms with Gasteiger partial charge in [-0.05, 0) is 43.0 Å². The van der Waals surface area contributed by atoms with Crippen molar-refractivity contribution in [3.05, 3.63) is 87.7 Å². The van der Waals surface area contributed by atoms with Crippen molar-refractivity contribution < 1.29 is 23.9 Å². The van der Waals surface area contributed by atoms with E-state index in [1.807, 2.05) is 42.5 Å². The van der Waals surface area contributed by atoms with Gasteiger partial charge in [-0.25, -0.2) is 9.78 Å². The molecule has 230 valence electrons. The van der Waals surface area contributed by atoms with E-state index in [4.69, 9.17) is 32.7 Å². The molecule has 2 N–H and O–H groups in total. The van der Waals surface area contributed by atoms with Crippen molar-refractivity contribution in [2.75, 3.05) is 13.7 Å². The minimum atomic E-state index is -0.600. The van der Waals surface area contributed by atoms with Crippen LogP contribution in [0.5, 0.6) is 5.88 Å². The van der Waals surface area contributed by atoms with Crippen LogP contribution in [0.2, 0.25) is 10.0 Å². The number of ketones is 1. The first kappa shape index (κ1) is 30.6. The fraction of sp³-hybridized carbons (Fsp3) is 0.265. The molecule has 0 bridgehead atoms. The highest BCUT2D eigenvalue weighted by Crippen LogP contribution is 2.42. The molecule has 0 spiro atoms. The van der Waals surface area contributed by atoms with Gasteiger partial charge < -0.3 is 20.1 Å². The molecule has 1 fully saturated rings. The molecule has 2 aromatic carbocycles. The molecule has 0 saturated carbocycles. The normalized spacial score (nSPS) is 15.8. The van der Waals surface area contributed by atoms with Crippen LogP contribution in [0.3, 0.4) is 0 Å².